The maximum Gasteiger partial charge on any atom is 0.320 e. The first-order chi connectivity index (χ1) is 15.5. The molecule has 4 rings (SSSR count). The molecule has 1 aliphatic rings. The monoisotopic (exact) mass is 453 g/mol. The number of hydrogen-bond acceptors (Lipinski definition) is 3. The maximum atomic E-state index is 15.5. The Morgan fingerprint density at radius 2 is 1.94 bits per heavy atom. The van der Waals surface area contributed by atoms with Gasteiger partial charge in [0.25, 0.3) is 0 Å². The summed E-state index contributed by atoms with van der Waals surface area (Å²) >= 11 is 6.11. The van der Waals surface area contributed by atoms with Gasteiger partial charge in [0.05, 0.1) is 24.9 Å². The van der Waals surface area contributed by atoms with E-state index in [2.05, 4.69) is 4.98 Å². The average Bonchev–Trinajstić information content (AvgIpc) is 3.15. The van der Waals surface area contributed by atoms with Gasteiger partial charge < -0.3 is 14.5 Å². The molecule has 3 aromatic rings. The molecule has 32 heavy (non-hydrogen) atoms. The first-order valence-corrected chi connectivity index (χ1v) is 11.0. The van der Waals surface area contributed by atoms with Crippen molar-refractivity contribution in [2.24, 2.45) is 0 Å². The van der Waals surface area contributed by atoms with Crippen LogP contribution < -0.4 is 4.74 Å². The minimum atomic E-state index is -0.335. The first kappa shape index (κ1) is 22.1. The van der Waals surface area contributed by atoms with Gasteiger partial charge in [-0.1, -0.05) is 35.9 Å². The molecule has 1 saturated heterocycles. The van der Waals surface area contributed by atoms with Crippen LogP contribution in [-0.2, 0) is 13.0 Å². The van der Waals surface area contributed by atoms with Crippen LogP contribution in [0.5, 0.6) is 5.75 Å². The summed E-state index contributed by atoms with van der Waals surface area (Å²) in [6.07, 6.45) is 2.14. The minimum Gasteiger partial charge on any atom is -0.496 e. The smallest absolute Gasteiger partial charge is 0.320 e. The number of ether oxygens (including phenoxy) is 1. The molecule has 0 saturated carbocycles. The van der Waals surface area contributed by atoms with E-state index in [-0.39, 0.29) is 11.8 Å². The lowest BCUT2D eigenvalue weighted by atomic mass is 9.97. The van der Waals surface area contributed by atoms with E-state index < -0.39 is 0 Å². The third kappa shape index (κ3) is 4.55. The van der Waals surface area contributed by atoms with Gasteiger partial charge in [0.2, 0.25) is 0 Å². The lowest BCUT2D eigenvalue weighted by molar-refractivity contribution is 0.191. The van der Waals surface area contributed by atoms with Gasteiger partial charge in [0.15, 0.2) is 0 Å². The zero-order chi connectivity index (χ0) is 22.7. The Bertz CT molecular complexity index is 1120. The SMILES string of the molecule is CCN1CCN(Cc2ccc(Cc3ccc(OC)c(-c4cccc(Cl)c4)c3F)cn2)C1=O. The highest BCUT2D eigenvalue weighted by Crippen LogP contribution is 2.36. The number of carbonyl (C=O) groups excluding carboxylic acids is 1. The summed E-state index contributed by atoms with van der Waals surface area (Å²) in [6, 6.07) is 14.5. The molecule has 166 valence electrons. The molecule has 1 aliphatic heterocycles. The van der Waals surface area contributed by atoms with Crippen LogP contribution in [-0.4, -0.2) is 47.6 Å². The Kier molecular flexibility index (Phi) is 6.61. The quantitative estimate of drug-likeness (QED) is 0.481. The Morgan fingerprint density at radius 3 is 2.59 bits per heavy atom. The number of carbonyl (C=O) groups is 1. The average molecular weight is 454 g/mol. The van der Waals surface area contributed by atoms with Crippen LogP contribution in [0.15, 0.2) is 54.7 Å². The van der Waals surface area contributed by atoms with E-state index in [1.165, 1.54) is 7.11 Å². The Morgan fingerprint density at radius 1 is 1.12 bits per heavy atom. The second kappa shape index (κ2) is 9.57. The maximum absolute atomic E-state index is 15.5. The summed E-state index contributed by atoms with van der Waals surface area (Å²) in [6.45, 7) is 4.63. The van der Waals surface area contributed by atoms with Crippen LogP contribution in [0, 0.1) is 5.82 Å². The van der Waals surface area contributed by atoms with E-state index in [0.29, 0.717) is 53.5 Å². The number of aromatic nitrogens is 1. The van der Waals surface area contributed by atoms with Gasteiger partial charge in [-0.15, -0.1) is 0 Å². The van der Waals surface area contributed by atoms with Gasteiger partial charge in [-0.2, -0.15) is 0 Å². The van der Waals surface area contributed by atoms with Crippen molar-refractivity contribution >= 4 is 17.6 Å². The van der Waals surface area contributed by atoms with Crippen molar-refractivity contribution < 1.29 is 13.9 Å². The highest BCUT2D eigenvalue weighted by Gasteiger charge is 2.27. The molecule has 1 aromatic heterocycles. The van der Waals surface area contributed by atoms with Crippen molar-refractivity contribution in [3.05, 3.63) is 82.4 Å². The van der Waals surface area contributed by atoms with Crippen molar-refractivity contribution in [1.29, 1.82) is 0 Å². The number of methoxy groups -OCH3 is 1. The summed E-state index contributed by atoms with van der Waals surface area (Å²) in [4.78, 5) is 20.4. The molecule has 0 spiro atoms. The Balaban J connectivity index is 1.53. The van der Waals surface area contributed by atoms with Crippen molar-refractivity contribution in [3.63, 3.8) is 0 Å². The van der Waals surface area contributed by atoms with E-state index in [1.807, 2.05) is 30.0 Å². The topological polar surface area (TPSA) is 45.7 Å². The minimum absolute atomic E-state index is 0.0484. The summed E-state index contributed by atoms with van der Waals surface area (Å²) < 4.78 is 20.9. The Labute approximate surface area is 192 Å². The van der Waals surface area contributed by atoms with Crippen LogP contribution in [0.25, 0.3) is 11.1 Å². The first-order valence-electron chi connectivity index (χ1n) is 10.6. The number of urea groups is 1. The lowest BCUT2D eigenvalue weighted by Crippen LogP contribution is -2.31. The lowest BCUT2D eigenvalue weighted by Gasteiger charge is -2.17. The molecule has 0 bridgehead atoms. The van der Waals surface area contributed by atoms with Gasteiger partial charge in [-0.05, 0) is 47.9 Å². The van der Waals surface area contributed by atoms with Gasteiger partial charge in [0, 0.05) is 37.3 Å². The van der Waals surface area contributed by atoms with Crippen molar-refractivity contribution in [1.82, 2.24) is 14.8 Å². The number of rotatable bonds is 7. The summed E-state index contributed by atoms with van der Waals surface area (Å²) in [7, 11) is 1.52. The van der Waals surface area contributed by atoms with Crippen LogP contribution in [0.1, 0.15) is 23.7 Å². The van der Waals surface area contributed by atoms with Crippen molar-refractivity contribution in [2.45, 2.75) is 19.9 Å². The molecular formula is C25H25ClFN3O2. The fraction of sp³-hybridized carbons (Fsp3) is 0.280. The molecule has 7 heteroatoms. The number of halogens is 2. The van der Waals surface area contributed by atoms with Crippen LogP contribution in [0.2, 0.25) is 5.02 Å². The zero-order valence-electron chi connectivity index (χ0n) is 18.1. The van der Waals surface area contributed by atoms with Crippen LogP contribution in [0.4, 0.5) is 9.18 Å². The van der Waals surface area contributed by atoms with Crippen molar-refractivity contribution in [2.75, 3.05) is 26.7 Å². The molecule has 2 heterocycles. The number of benzene rings is 2. The molecule has 0 atom stereocenters. The third-order valence-corrected chi connectivity index (χ3v) is 5.95. The molecule has 2 amide bonds. The normalized spacial score (nSPS) is 13.7. The molecule has 0 radical (unpaired) electrons. The van der Waals surface area contributed by atoms with E-state index in [4.69, 9.17) is 16.3 Å². The molecule has 0 unspecified atom stereocenters. The highest BCUT2D eigenvalue weighted by molar-refractivity contribution is 6.30. The van der Waals surface area contributed by atoms with Gasteiger partial charge in [-0.3, -0.25) is 4.98 Å². The molecular weight excluding hydrogens is 429 g/mol. The summed E-state index contributed by atoms with van der Waals surface area (Å²) in [5, 5.41) is 0.535. The predicted octanol–water partition coefficient (Wildman–Crippen LogP) is 5.40. The van der Waals surface area contributed by atoms with E-state index >= 15 is 4.39 Å². The predicted molar refractivity (Wildman–Crippen MR) is 123 cm³/mol. The molecule has 2 aromatic carbocycles. The van der Waals surface area contributed by atoms with Crippen molar-refractivity contribution in [3.8, 4) is 16.9 Å². The van der Waals surface area contributed by atoms with Gasteiger partial charge >= 0.3 is 6.03 Å². The number of amides is 2. The third-order valence-electron chi connectivity index (χ3n) is 5.71. The summed E-state index contributed by atoms with van der Waals surface area (Å²) in [5.74, 6) is 0.122. The van der Waals surface area contributed by atoms with Crippen LogP contribution >= 0.6 is 11.6 Å². The zero-order valence-corrected chi connectivity index (χ0v) is 18.9. The van der Waals surface area contributed by atoms with Gasteiger partial charge in [0.1, 0.15) is 11.6 Å². The highest BCUT2D eigenvalue weighted by atomic mass is 35.5. The molecule has 0 N–H and O–H groups in total. The molecule has 1 fully saturated rings. The van der Waals surface area contributed by atoms with Crippen LogP contribution in [0.3, 0.4) is 0 Å². The number of likely N-dealkylation sites (N-methyl/N-ethyl adjacent to an activating group) is 1. The second-order valence-corrected chi connectivity index (χ2v) is 8.18. The number of hydrogen-bond donors (Lipinski definition) is 0. The van der Waals surface area contributed by atoms with E-state index in [1.54, 1.807) is 41.4 Å². The molecule has 0 aliphatic carbocycles. The number of nitrogens with zero attached hydrogens (tertiary/aromatic N) is 3. The Hall–Kier alpha value is -3.12. The second-order valence-electron chi connectivity index (χ2n) is 7.74. The van der Waals surface area contributed by atoms with E-state index in [9.17, 15) is 4.79 Å². The fourth-order valence-corrected chi connectivity index (χ4v) is 4.15. The van der Waals surface area contributed by atoms with Gasteiger partial charge in [-0.25, -0.2) is 9.18 Å². The largest absolute Gasteiger partial charge is 0.496 e. The number of pyridine rings is 1. The fourth-order valence-electron chi connectivity index (χ4n) is 3.96. The van der Waals surface area contributed by atoms with E-state index in [0.717, 1.165) is 17.8 Å². The summed E-state index contributed by atoms with van der Waals surface area (Å²) in [5.41, 5.74) is 3.31. The standard InChI is InChI=1S/C25H25ClFN3O2/c1-3-29-11-12-30(25(29)31)16-21-9-7-17(15-28-21)13-19-8-10-22(32-2)23(24(19)27)18-5-4-6-20(26)14-18/h4-10,14-15H,3,11-13,16H2,1-2H3. The molecule has 5 nitrogen and oxygen atoms in total.